The van der Waals surface area contributed by atoms with Gasteiger partial charge in [0, 0.05) is 23.2 Å². The van der Waals surface area contributed by atoms with Crippen molar-refractivity contribution in [2.75, 3.05) is 0 Å². The van der Waals surface area contributed by atoms with Crippen LogP contribution in [-0.4, -0.2) is 11.6 Å². The molecule has 2 heteroatoms. The van der Waals surface area contributed by atoms with Gasteiger partial charge in [0.1, 0.15) is 5.78 Å². The molecular weight excluding hydrogens is 296 g/mol. The number of carbonyl (C=O) groups excluding carboxylic acids is 2. The van der Waals surface area contributed by atoms with Crippen molar-refractivity contribution >= 4 is 11.6 Å². The van der Waals surface area contributed by atoms with Crippen LogP contribution in [0.5, 0.6) is 0 Å². The molecule has 4 aliphatic rings. The summed E-state index contributed by atoms with van der Waals surface area (Å²) < 4.78 is 0. The molecule has 24 heavy (non-hydrogen) atoms. The number of allylic oxidation sites excluding steroid dienone is 2. The van der Waals surface area contributed by atoms with Gasteiger partial charge in [-0.15, -0.1) is 0 Å². The van der Waals surface area contributed by atoms with Gasteiger partial charge in [-0.25, -0.2) is 0 Å². The van der Waals surface area contributed by atoms with Crippen molar-refractivity contribution in [1.82, 2.24) is 0 Å². The topological polar surface area (TPSA) is 34.1 Å². The van der Waals surface area contributed by atoms with E-state index in [1.807, 2.05) is 6.08 Å². The molecule has 0 aromatic rings. The molecule has 2 nitrogen and oxygen atoms in total. The lowest BCUT2D eigenvalue weighted by Crippen LogP contribution is -2.55. The van der Waals surface area contributed by atoms with Gasteiger partial charge in [0.25, 0.3) is 0 Å². The lowest BCUT2D eigenvalue weighted by Gasteiger charge is -2.60. The van der Waals surface area contributed by atoms with E-state index in [9.17, 15) is 9.59 Å². The maximum Gasteiger partial charge on any atom is 0.159 e. The van der Waals surface area contributed by atoms with Crippen LogP contribution >= 0.6 is 0 Å². The van der Waals surface area contributed by atoms with Gasteiger partial charge in [-0.05, 0) is 61.3 Å². The molecule has 3 fully saturated rings. The average Bonchev–Trinajstić information content (AvgIpc) is 2.75. The number of hydrogen-bond donors (Lipinski definition) is 0. The number of fused-ring (bicyclic) bond motifs is 5. The van der Waals surface area contributed by atoms with E-state index in [0.717, 1.165) is 32.1 Å². The van der Waals surface area contributed by atoms with E-state index in [0.29, 0.717) is 35.7 Å². The Morgan fingerprint density at radius 1 is 0.958 bits per heavy atom. The SMILES string of the molecule is C[C@@H]1C[C@H]2C(=O)C=C3C(CC[C@]4(C)C(=O)CC[C@@]34C)[C@@]2(C)C[C@@H]1C. The van der Waals surface area contributed by atoms with E-state index in [4.69, 9.17) is 0 Å². The molecular formula is C22H32O2. The highest BCUT2D eigenvalue weighted by Gasteiger charge is 2.64. The summed E-state index contributed by atoms with van der Waals surface area (Å²) in [4.78, 5) is 25.7. The zero-order valence-corrected chi connectivity index (χ0v) is 15.9. The third kappa shape index (κ3) is 1.78. The molecule has 0 aromatic heterocycles. The molecule has 3 saturated carbocycles. The summed E-state index contributed by atoms with van der Waals surface area (Å²) in [5.74, 6) is 2.80. The van der Waals surface area contributed by atoms with Crippen LogP contribution in [0.1, 0.15) is 73.1 Å². The molecule has 4 rings (SSSR count). The van der Waals surface area contributed by atoms with Gasteiger partial charge in [-0.3, -0.25) is 9.59 Å². The number of carbonyl (C=O) groups is 2. The van der Waals surface area contributed by atoms with Crippen molar-refractivity contribution in [1.29, 1.82) is 0 Å². The number of hydrogen-bond acceptors (Lipinski definition) is 2. The molecule has 0 amide bonds. The predicted molar refractivity (Wildman–Crippen MR) is 95.4 cm³/mol. The Hall–Kier alpha value is -0.920. The summed E-state index contributed by atoms with van der Waals surface area (Å²) in [5, 5.41) is 0. The van der Waals surface area contributed by atoms with Gasteiger partial charge < -0.3 is 0 Å². The zero-order chi connectivity index (χ0) is 17.5. The van der Waals surface area contributed by atoms with E-state index in [1.54, 1.807) is 0 Å². The largest absolute Gasteiger partial charge is 0.299 e. The summed E-state index contributed by atoms with van der Waals surface area (Å²) in [7, 11) is 0. The summed E-state index contributed by atoms with van der Waals surface area (Å²) in [6.07, 6.45) is 7.94. The Labute approximate surface area is 146 Å². The maximum atomic E-state index is 13.1. The normalized spacial score (nSPS) is 54.0. The summed E-state index contributed by atoms with van der Waals surface area (Å²) in [5.41, 5.74) is 1.10. The fourth-order valence-electron chi connectivity index (χ4n) is 7.01. The molecule has 0 aromatic carbocycles. The van der Waals surface area contributed by atoms with Gasteiger partial charge in [-0.1, -0.05) is 40.2 Å². The summed E-state index contributed by atoms with van der Waals surface area (Å²) in [6, 6.07) is 0. The van der Waals surface area contributed by atoms with Crippen molar-refractivity contribution in [3.63, 3.8) is 0 Å². The third-order valence-corrected chi connectivity index (χ3v) is 9.20. The molecule has 132 valence electrons. The van der Waals surface area contributed by atoms with Crippen molar-refractivity contribution in [2.45, 2.75) is 73.1 Å². The highest BCUT2D eigenvalue weighted by molar-refractivity contribution is 5.96. The van der Waals surface area contributed by atoms with Crippen LogP contribution in [0.3, 0.4) is 0 Å². The molecule has 4 aliphatic carbocycles. The van der Waals surface area contributed by atoms with Crippen molar-refractivity contribution in [2.24, 2.45) is 39.9 Å². The number of Topliss-reactive ketones (excluding diaryl/α,β-unsaturated/α-hetero) is 1. The van der Waals surface area contributed by atoms with E-state index < -0.39 is 0 Å². The second kappa shape index (κ2) is 4.83. The molecule has 0 heterocycles. The molecule has 0 aliphatic heterocycles. The Kier molecular flexibility index (Phi) is 3.33. The monoisotopic (exact) mass is 328 g/mol. The predicted octanol–water partition coefficient (Wildman–Crippen LogP) is 4.97. The fraction of sp³-hybridized carbons (Fsp3) is 0.818. The third-order valence-electron chi connectivity index (χ3n) is 9.20. The van der Waals surface area contributed by atoms with E-state index in [1.165, 1.54) is 5.57 Å². The van der Waals surface area contributed by atoms with Crippen LogP contribution in [0.2, 0.25) is 0 Å². The Morgan fingerprint density at radius 3 is 2.38 bits per heavy atom. The second-order valence-electron chi connectivity index (χ2n) is 10.1. The molecule has 0 saturated heterocycles. The molecule has 7 atom stereocenters. The van der Waals surface area contributed by atoms with Crippen molar-refractivity contribution in [3.05, 3.63) is 11.6 Å². The average molecular weight is 328 g/mol. The standard InChI is InChI=1S/C22H32O2/c1-13-10-17-18(23)11-16-15(20(17,3)12-14(13)2)6-8-22(5)19(24)7-9-21(16,22)4/h11,13-15,17H,6-10,12H2,1-5H3/t13-,14+,15?,17+,20-,21+,22-/m1/s1. The van der Waals surface area contributed by atoms with Crippen LogP contribution in [-0.2, 0) is 9.59 Å². The number of ketones is 2. The molecule has 1 unspecified atom stereocenters. The van der Waals surface area contributed by atoms with Gasteiger partial charge in [0.15, 0.2) is 5.78 Å². The first-order valence-corrected chi connectivity index (χ1v) is 9.93. The van der Waals surface area contributed by atoms with Gasteiger partial charge in [-0.2, -0.15) is 0 Å². The Balaban J connectivity index is 1.83. The van der Waals surface area contributed by atoms with Gasteiger partial charge in [0.2, 0.25) is 0 Å². The van der Waals surface area contributed by atoms with Crippen LogP contribution < -0.4 is 0 Å². The Morgan fingerprint density at radius 2 is 1.67 bits per heavy atom. The van der Waals surface area contributed by atoms with E-state index in [2.05, 4.69) is 34.6 Å². The first-order chi connectivity index (χ1) is 11.1. The lowest BCUT2D eigenvalue weighted by molar-refractivity contribution is -0.138. The zero-order valence-electron chi connectivity index (χ0n) is 15.9. The molecule has 0 N–H and O–H groups in total. The quantitative estimate of drug-likeness (QED) is 0.629. The van der Waals surface area contributed by atoms with Crippen LogP contribution in [0.25, 0.3) is 0 Å². The lowest BCUT2D eigenvalue weighted by atomic mass is 9.43. The highest BCUT2D eigenvalue weighted by Crippen LogP contribution is 2.68. The van der Waals surface area contributed by atoms with Crippen LogP contribution in [0.4, 0.5) is 0 Å². The molecule has 0 bridgehead atoms. The first kappa shape index (κ1) is 16.5. The van der Waals surface area contributed by atoms with Gasteiger partial charge >= 0.3 is 0 Å². The number of rotatable bonds is 0. The summed E-state index contributed by atoms with van der Waals surface area (Å²) in [6.45, 7) is 11.5. The minimum absolute atomic E-state index is 0.0943. The summed E-state index contributed by atoms with van der Waals surface area (Å²) >= 11 is 0. The minimum Gasteiger partial charge on any atom is -0.299 e. The molecule has 0 spiro atoms. The smallest absolute Gasteiger partial charge is 0.159 e. The van der Waals surface area contributed by atoms with Gasteiger partial charge in [0.05, 0.1) is 0 Å². The second-order valence-corrected chi connectivity index (χ2v) is 10.1. The maximum absolute atomic E-state index is 13.1. The van der Waals surface area contributed by atoms with Crippen molar-refractivity contribution < 1.29 is 9.59 Å². The first-order valence-electron chi connectivity index (χ1n) is 9.93. The van der Waals surface area contributed by atoms with E-state index in [-0.39, 0.29) is 22.2 Å². The van der Waals surface area contributed by atoms with E-state index >= 15 is 0 Å². The fourth-order valence-corrected chi connectivity index (χ4v) is 7.01. The minimum atomic E-state index is -0.244. The molecule has 0 radical (unpaired) electrons. The van der Waals surface area contributed by atoms with Crippen molar-refractivity contribution in [3.8, 4) is 0 Å². The Bertz CT molecular complexity index is 646. The van der Waals surface area contributed by atoms with Crippen LogP contribution in [0.15, 0.2) is 11.6 Å². The van der Waals surface area contributed by atoms with Crippen LogP contribution in [0, 0.1) is 39.9 Å². The highest BCUT2D eigenvalue weighted by atomic mass is 16.1.